The van der Waals surface area contributed by atoms with Gasteiger partial charge in [-0.3, -0.25) is 4.99 Å². The van der Waals surface area contributed by atoms with E-state index in [1.807, 2.05) is 0 Å². The Labute approximate surface area is 189 Å². The lowest BCUT2D eigenvalue weighted by Crippen LogP contribution is -2.31. The van der Waals surface area contributed by atoms with Crippen LogP contribution in [0, 0.1) is 6.92 Å². The lowest BCUT2D eigenvalue weighted by atomic mass is 9.77. The first-order valence-corrected chi connectivity index (χ1v) is 12.2. The van der Waals surface area contributed by atoms with Gasteiger partial charge in [-0.25, -0.2) is 0 Å². The maximum absolute atomic E-state index is 4.91. The predicted octanol–water partition coefficient (Wildman–Crippen LogP) is 7.31. The molecule has 2 aromatic carbocycles. The van der Waals surface area contributed by atoms with Gasteiger partial charge in [-0.2, -0.15) is 0 Å². The van der Waals surface area contributed by atoms with Crippen LogP contribution in [0.15, 0.2) is 53.5 Å². The maximum atomic E-state index is 4.91. The van der Waals surface area contributed by atoms with Crippen LogP contribution >= 0.6 is 0 Å². The molecule has 1 heterocycles. The average Bonchev–Trinajstić information content (AvgIpc) is 3.34. The number of hydrogen-bond acceptors (Lipinski definition) is 2. The highest BCUT2D eigenvalue weighted by molar-refractivity contribution is 6.05. The number of allylic oxidation sites excluding steroid dienone is 1. The summed E-state index contributed by atoms with van der Waals surface area (Å²) in [6.45, 7) is 13.2. The van der Waals surface area contributed by atoms with Crippen LogP contribution in [0.3, 0.4) is 0 Å². The number of rotatable bonds is 7. The zero-order chi connectivity index (χ0) is 22.0. The minimum atomic E-state index is -0.122. The van der Waals surface area contributed by atoms with Crippen molar-refractivity contribution in [1.29, 1.82) is 0 Å². The molecule has 2 heteroatoms. The summed E-state index contributed by atoms with van der Waals surface area (Å²) in [5, 5.41) is 0. The first kappa shape index (κ1) is 21.9. The van der Waals surface area contributed by atoms with Gasteiger partial charge in [0.25, 0.3) is 0 Å². The molecule has 1 saturated carbocycles. The molecule has 2 unspecified atom stereocenters. The highest BCUT2D eigenvalue weighted by atomic mass is 15.2. The fourth-order valence-electron chi connectivity index (χ4n) is 5.83. The molecular weight excluding hydrogens is 376 g/mol. The number of anilines is 1. The minimum absolute atomic E-state index is 0.122. The van der Waals surface area contributed by atoms with Gasteiger partial charge in [0, 0.05) is 41.9 Å². The number of fused-ring (bicyclic) bond motifs is 3. The third kappa shape index (κ3) is 4.10. The van der Waals surface area contributed by atoms with E-state index in [4.69, 9.17) is 4.99 Å². The predicted molar refractivity (Wildman–Crippen MR) is 136 cm³/mol. The summed E-state index contributed by atoms with van der Waals surface area (Å²) in [4.78, 5) is 7.60. The quantitative estimate of drug-likeness (QED) is 0.434. The van der Waals surface area contributed by atoms with Crippen LogP contribution in [0.5, 0.6) is 0 Å². The smallest absolute Gasteiger partial charge is 0.0448 e. The Morgan fingerprint density at radius 2 is 1.94 bits per heavy atom. The topological polar surface area (TPSA) is 15.6 Å². The van der Waals surface area contributed by atoms with E-state index in [1.165, 1.54) is 54.6 Å². The van der Waals surface area contributed by atoms with Gasteiger partial charge in [-0.05, 0) is 73.6 Å². The van der Waals surface area contributed by atoms with Crippen molar-refractivity contribution in [2.45, 2.75) is 77.7 Å². The molecule has 2 nitrogen and oxygen atoms in total. The van der Waals surface area contributed by atoms with E-state index in [2.05, 4.69) is 94.1 Å². The average molecular weight is 415 g/mol. The van der Waals surface area contributed by atoms with E-state index in [1.54, 1.807) is 5.56 Å². The number of aryl methyl sites for hydroxylation is 1. The fourth-order valence-corrected chi connectivity index (χ4v) is 5.83. The summed E-state index contributed by atoms with van der Waals surface area (Å²) in [6.07, 6.45) is 9.81. The molecule has 31 heavy (non-hydrogen) atoms. The summed E-state index contributed by atoms with van der Waals surface area (Å²) in [5.74, 6) is 0.724. The van der Waals surface area contributed by atoms with Gasteiger partial charge in [0.15, 0.2) is 0 Å². The molecule has 0 amide bonds. The van der Waals surface area contributed by atoms with Crippen molar-refractivity contribution in [3.63, 3.8) is 0 Å². The Hall–Kier alpha value is -2.35. The van der Waals surface area contributed by atoms with Crippen LogP contribution in [0.1, 0.15) is 81.5 Å². The van der Waals surface area contributed by atoms with Crippen molar-refractivity contribution >= 4 is 17.5 Å². The van der Waals surface area contributed by atoms with E-state index >= 15 is 0 Å². The van der Waals surface area contributed by atoms with E-state index in [0.717, 1.165) is 24.2 Å². The number of benzene rings is 2. The molecule has 4 rings (SSSR count). The molecule has 1 aliphatic heterocycles. The summed E-state index contributed by atoms with van der Waals surface area (Å²) in [6, 6.07) is 16.5. The highest BCUT2D eigenvalue weighted by Crippen LogP contribution is 2.49. The molecule has 0 radical (unpaired) electrons. The summed E-state index contributed by atoms with van der Waals surface area (Å²) >= 11 is 0. The van der Waals surface area contributed by atoms with Crippen LogP contribution in [-0.2, 0) is 5.41 Å². The Morgan fingerprint density at radius 3 is 2.68 bits per heavy atom. The molecule has 164 valence electrons. The third-order valence-corrected chi connectivity index (χ3v) is 7.33. The first-order valence-electron chi connectivity index (χ1n) is 12.2. The van der Waals surface area contributed by atoms with E-state index < -0.39 is 0 Å². The fraction of sp³-hybridized carbons (Fsp3) is 0.483. The van der Waals surface area contributed by atoms with Crippen LogP contribution in [0.25, 0.3) is 6.08 Å². The normalized spacial score (nSPS) is 21.1. The number of aliphatic imine (C=N–C) groups is 1. The molecular formula is C29H38N2. The van der Waals surface area contributed by atoms with Gasteiger partial charge in [0.1, 0.15) is 0 Å². The number of nitrogens with zero attached hydrogens (tertiary/aromatic N) is 2. The first-order chi connectivity index (χ1) is 15.0. The molecule has 0 N–H and O–H groups in total. The lowest BCUT2D eigenvalue weighted by molar-refractivity contribution is 0.586. The standard InChI is InChI=1S/C29H38N2/c1-6-19-31-26-14-10-12-23(26)24-20-22(15-17-27(24)31)16-18-28(30-7-2)29(4,5)25-13-9-8-11-21(25)3/h8-9,11,13,15-18,20,23,26H,6-7,10,12,14,19H2,1-5H3/b18-16+,30-28+. The van der Waals surface area contributed by atoms with E-state index in [0.29, 0.717) is 0 Å². The molecule has 1 fully saturated rings. The lowest BCUT2D eigenvalue weighted by Gasteiger charge is -2.28. The minimum Gasteiger partial charge on any atom is -0.368 e. The van der Waals surface area contributed by atoms with Gasteiger partial charge >= 0.3 is 0 Å². The van der Waals surface area contributed by atoms with Crippen molar-refractivity contribution < 1.29 is 0 Å². The molecule has 2 atom stereocenters. The Morgan fingerprint density at radius 1 is 1.13 bits per heavy atom. The van der Waals surface area contributed by atoms with Crippen molar-refractivity contribution in [2.24, 2.45) is 4.99 Å². The molecule has 0 spiro atoms. The molecule has 2 aromatic rings. The summed E-state index contributed by atoms with van der Waals surface area (Å²) in [7, 11) is 0. The monoisotopic (exact) mass is 414 g/mol. The van der Waals surface area contributed by atoms with Crippen molar-refractivity contribution in [1.82, 2.24) is 0 Å². The summed E-state index contributed by atoms with van der Waals surface area (Å²) < 4.78 is 0. The second-order valence-electron chi connectivity index (χ2n) is 9.75. The largest absolute Gasteiger partial charge is 0.368 e. The van der Waals surface area contributed by atoms with Crippen molar-refractivity contribution in [3.05, 3.63) is 70.8 Å². The Bertz CT molecular complexity index is 982. The zero-order valence-electron chi connectivity index (χ0n) is 20.0. The zero-order valence-corrected chi connectivity index (χ0v) is 20.0. The third-order valence-electron chi connectivity index (χ3n) is 7.33. The van der Waals surface area contributed by atoms with Crippen LogP contribution in [0.2, 0.25) is 0 Å². The maximum Gasteiger partial charge on any atom is 0.0448 e. The Kier molecular flexibility index (Phi) is 6.36. The number of hydrogen-bond donors (Lipinski definition) is 0. The van der Waals surface area contributed by atoms with E-state index in [9.17, 15) is 0 Å². The molecule has 2 aliphatic rings. The van der Waals surface area contributed by atoms with Gasteiger partial charge < -0.3 is 4.90 Å². The van der Waals surface area contributed by atoms with Crippen LogP contribution < -0.4 is 4.90 Å². The second-order valence-corrected chi connectivity index (χ2v) is 9.75. The SMILES string of the molecule is CCCN1c2ccc(/C=C/C(=N\CC)C(C)(C)c3ccccc3C)cc2C2CCCC21. The molecule has 0 aromatic heterocycles. The van der Waals surface area contributed by atoms with Crippen molar-refractivity contribution in [3.8, 4) is 0 Å². The van der Waals surface area contributed by atoms with Gasteiger partial charge in [0.05, 0.1) is 0 Å². The van der Waals surface area contributed by atoms with Crippen molar-refractivity contribution in [2.75, 3.05) is 18.0 Å². The Balaban J connectivity index is 1.64. The van der Waals surface area contributed by atoms with Gasteiger partial charge in [-0.1, -0.05) is 63.6 Å². The molecule has 1 aliphatic carbocycles. The molecule has 0 bridgehead atoms. The van der Waals surface area contributed by atoms with Crippen LogP contribution in [0.4, 0.5) is 5.69 Å². The van der Waals surface area contributed by atoms with Gasteiger partial charge in [-0.15, -0.1) is 0 Å². The summed E-state index contributed by atoms with van der Waals surface area (Å²) in [5.41, 5.74) is 8.06. The molecule has 0 saturated heterocycles. The highest BCUT2D eigenvalue weighted by Gasteiger charge is 2.40. The second kappa shape index (κ2) is 9.02. The van der Waals surface area contributed by atoms with Gasteiger partial charge in [0.2, 0.25) is 0 Å². The van der Waals surface area contributed by atoms with E-state index in [-0.39, 0.29) is 5.41 Å². The van der Waals surface area contributed by atoms with Crippen LogP contribution in [-0.4, -0.2) is 24.8 Å².